The maximum absolute atomic E-state index is 12.3. The van der Waals surface area contributed by atoms with Crippen LogP contribution in [0.15, 0.2) is 60.7 Å². The van der Waals surface area contributed by atoms with E-state index >= 15 is 0 Å². The van der Waals surface area contributed by atoms with E-state index in [1.54, 1.807) is 18.2 Å². The second-order valence-corrected chi connectivity index (χ2v) is 8.82. The molecule has 8 heteroatoms. The monoisotopic (exact) mass is 459 g/mol. The van der Waals surface area contributed by atoms with E-state index < -0.39 is 4.92 Å². The Hall–Kier alpha value is -3.94. The lowest BCUT2D eigenvalue weighted by Gasteiger charge is -2.30. The van der Waals surface area contributed by atoms with Gasteiger partial charge in [-0.3, -0.25) is 14.9 Å². The molecule has 1 fully saturated rings. The van der Waals surface area contributed by atoms with Gasteiger partial charge in [-0.05, 0) is 55.5 Å². The fourth-order valence-corrected chi connectivity index (χ4v) is 4.32. The predicted octanol–water partition coefficient (Wildman–Crippen LogP) is 4.76. The van der Waals surface area contributed by atoms with Gasteiger partial charge in [-0.15, -0.1) is 0 Å². The molecule has 1 heterocycles. The van der Waals surface area contributed by atoms with Crippen molar-refractivity contribution in [2.75, 3.05) is 24.3 Å². The molecule has 1 aliphatic carbocycles. The first-order valence-electron chi connectivity index (χ1n) is 11.5. The number of non-ortho nitro benzene ring substituents is 1. The van der Waals surface area contributed by atoms with Crippen LogP contribution in [0.25, 0.3) is 17.0 Å². The normalized spacial score (nSPS) is 18.1. The largest absolute Gasteiger partial charge is 0.377 e. The van der Waals surface area contributed by atoms with E-state index in [2.05, 4.69) is 27.7 Å². The third kappa shape index (κ3) is 5.70. The molecule has 34 heavy (non-hydrogen) atoms. The van der Waals surface area contributed by atoms with Crippen molar-refractivity contribution < 1.29 is 9.72 Å². The predicted molar refractivity (Wildman–Crippen MR) is 136 cm³/mol. The summed E-state index contributed by atoms with van der Waals surface area (Å²) in [6, 6.07) is 16.8. The molecule has 2 N–H and O–H groups in total. The number of nitrogens with zero attached hydrogens (tertiary/aromatic N) is 3. The summed E-state index contributed by atoms with van der Waals surface area (Å²) in [4.78, 5) is 29.5. The van der Waals surface area contributed by atoms with E-state index in [9.17, 15) is 14.9 Å². The Morgan fingerprint density at radius 3 is 2.41 bits per heavy atom. The summed E-state index contributed by atoms with van der Waals surface area (Å²) in [7, 11) is 4.07. The quantitative estimate of drug-likeness (QED) is 0.300. The maximum Gasteiger partial charge on any atom is 0.269 e. The van der Waals surface area contributed by atoms with Crippen LogP contribution in [0.3, 0.4) is 0 Å². The van der Waals surface area contributed by atoms with Crippen molar-refractivity contribution >= 4 is 40.1 Å². The number of amides is 1. The highest BCUT2D eigenvalue weighted by Gasteiger charge is 2.22. The van der Waals surface area contributed by atoms with Gasteiger partial charge >= 0.3 is 0 Å². The van der Waals surface area contributed by atoms with E-state index in [1.165, 1.54) is 18.2 Å². The molecule has 0 saturated heterocycles. The lowest BCUT2D eigenvalue weighted by molar-refractivity contribution is -0.384. The van der Waals surface area contributed by atoms with E-state index in [-0.39, 0.29) is 17.6 Å². The molecule has 1 amide bonds. The van der Waals surface area contributed by atoms with Gasteiger partial charge in [0.2, 0.25) is 5.91 Å². The van der Waals surface area contributed by atoms with E-state index in [1.807, 2.05) is 32.3 Å². The Bertz CT molecular complexity index is 1200. The Morgan fingerprint density at radius 2 is 1.74 bits per heavy atom. The van der Waals surface area contributed by atoms with Crippen LogP contribution in [0.5, 0.6) is 0 Å². The van der Waals surface area contributed by atoms with Gasteiger partial charge in [-0.25, -0.2) is 4.98 Å². The van der Waals surface area contributed by atoms with Crippen molar-refractivity contribution in [1.29, 1.82) is 0 Å². The second kappa shape index (κ2) is 10.3. The topological polar surface area (TPSA) is 100 Å². The Balaban J connectivity index is 1.29. The van der Waals surface area contributed by atoms with Gasteiger partial charge in [0, 0.05) is 61.5 Å². The Morgan fingerprint density at radius 1 is 1.06 bits per heavy atom. The Kier molecular flexibility index (Phi) is 7.06. The van der Waals surface area contributed by atoms with Gasteiger partial charge in [-0.2, -0.15) is 0 Å². The van der Waals surface area contributed by atoms with Gasteiger partial charge < -0.3 is 15.5 Å². The molecule has 1 aromatic heterocycles. The minimum Gasteiger partial charge on any atom is -0.377 e. The van der Waals surface area contributed by atoms with E-state index in [0.29, 0.717) is 6.04 Å². The molecule has 0 radical (unpaired) electrons. The summed E-state index contributed by atoms with van der Waals surface area (Å²) in [5.74, 6) is 0.725. The molecule has 4 rings (SSSR count). The van der Waals surface area contributed by atoms with Crippen molar-refractivity contribution in [3.8, 4) is 0 Å². The molecule has 1 aliphatic rings. The first kappa shape index (κ1) is 23.2. The molecular formula is C26H29N5O3. The third-order valence-electron chi connectivity index (χ3n) is 6.13. The average molecular weight is 460 g/mol. The smallest absolute Gasteiger partial charge is 0.269 e. The maximum atomic E-state index is 12.3. The molecule has 0 atom stereocenters. The summed E-state index contributed by atoms with van der Waals surface area (Å²) in [5, 5.41) is 18.5. The van der Waals surface area contributed by atoms with Crippen molar-refractivity contribution in [2.24, 2.45) is 0 Å². The first-order valence-corrected chi connectivity index (χ1v) is 11.5. The molecular weight excluding hydrogens is 430 g/mol. The first-order chi connectivity index (χ1) is 16.4. The van der Waals surface area contributed by atoms with Crippen molar-refractivity contribution in [3.05, 3.63) is 76.4 Å². The van der Waals surface area contributed by atoms with Crippen LogP contribution in [0.1, 0.15) is 31.2 Å². The molecule has 8 nitrogen and oxygen atoms in total. The van der Waals surface area contributed by atoms with Crippen LogP contribution >= 0.6 is 0 Å². The highest BCUT2D eigenvalue weighted by Crippen LogP contribution is 2.29. The lowest BCUT2D eigenvalue weighted by atomic mass is 9.91. The molecule has 0 aliphatic heterocycles. The van der Waals surface area contributed by atoms with Crippen LogP contribution in [-0.4, -0.2) is 42.0 Å². The highest BCUT2D eigenvalue weighted by atomic mass is 16.6. The number of aromatic nitrogens is 1. The summed E-state index contributed by atoms with van der Waals surface area (Å²) in [5.41, 5.74) is 2.88. The zero-order valence-corrected chi connectivity index (χ0v) is 19.4. The van der Waals surface area contributed by atoms with Gasteiger partial charge in [-0.1, -0.05) is 18.2 Å². The third-order valence-corrected chi connectivity index (χ3v) is 6.13. The highest BCUT2D eigenvalue weighted by molar-refractivity contribution is 5.93. The second-order valence-electron chi connectivity index (χ2n) is 8.82. The number of pyridine rings is 1. The SMILES string of the molecule is CN(C)c1cc(NC2CCC(NC(=O)/C=C/c3ccc([N+](=O)[O-])cc3)CC2)nc2ccccc12. The zero-order chi connectivity index (χ0) is 24.1. The summed E-state index contributed by atoms with van der Waals surface area (Å²) in [6.07, 6.45) is 6.82. The molecule has 0 bridgehead atoms. The van der Waals surface area contributed by atoms with Gasteiger partial charge in [0.15, 0.2) is 0 Å². The molecule has 0 unspecified atom stereocenters. The summed E-state index contributed by atoms with van der Waals surface area (Å²) >= 11 is 0. The van der Waals surface area contributed by atoms with Crippen LogP contribution in [-0.2, 0) is 4.79 Å². The standard InChI is InChI=1S/C26H29N5O3/c1-30(2)24-17-25(29-23-6-4-3-5-22(23)24)27-19-10-12-20(13-11-19)28-26(32)16-9-18-7-14-21(15-8-18)31(33)34/h3-9,14-17,19-20H,10-13H2,1-2H3,(H,27,29)(H,28,32)/b16-9+. The van der Waals surface area contributed by atoms with E-state index in [4.69, 9.17) is 4.98 Å². The average Bonchev–Trinajstić information content (AvgIpc) is 2.83. The fourth-order valence-electron chi connectivity index (χ4n) is 4.32. The minimum atomic E-state index is -0.442. The number of carbonyl (C=O) groups is 1. The molecule has 1 saturated carbocycles. The Labute approximate surface area is 198 Å². The van der Waals surface area contributed by atoms with E-state index in [0.717, 1.165) is 53.7 Å². The van der Waals surface area contributed by atoms with Crippen molar-refractivity contribution in [3.63, 3.8) is 0 Å². The number of nitro benzene ring substituents is 1. The van der Waals surface area contributed by atoms with Crippen molar-refractivity contribution in [2.45, 2.75) is 37.8 Å². The number of hydrogen-bond acceptors (Lipinski definition) is 6. The number of nitro groups is 1. The van der Waals surface area contributed by atoms with Crippen molar-refractivity contribution in [1.82, 2.24) is 10.3 Å². The number of para-hydroxylation sites is 1. The van der Waals surface area contributed by atoms with Crippen LogP contribution in [0, 0.1) is 10.1 Å². The fraction of sp³-hybridized carbons (Fsp3) is 0.308. The molecule has 3 aromatic rings. The number of anilines is 2. The lowest BCUT2D eigenvalue weighted by Crippen LogP contribution is -2.39. The van der Waals surface area contributed by atoms with Gasteiger partial charge in [0.25, 0.3) is 5.69 Å². The zero-order valence-electron chi connectivity index (χ0n) is 19.4. The number of carbonyl (C=O) groups excluding carboxylic acids is 1. The number of fused-ring (bicyclic) bond motifs is 1. The van der Waals surface area contributed by atoms with Gasteiger partial charge in [0.1, 0.15) is 5.82 Å². The molecule has 2 aromatic carbocycles. The van der Waals surface area contributed by atoms with Crippen LogP contribution in [0.2, 0.25) is 0 Å². The molecule has 176 valence electrons. The summed E-state index contributed by atoms with van der Waals surface area (Å²) < 4.78 is 0. The van der Waals surface area contributed by atoms with Gasteiger partial charge in [0.05, 0.1) is 10.4 Å². The number of rotatable bonds is 7. The number of benzene rings is 2. The molecule has 0 spiro atoms. The minimum absolute atomic E-state index is 0.0313. The van der Waals surface area contributed by atoms with Crippen LogP contribution in [0.4, 0.5) is 17.2 Å². The van der Waals surface area contributed by atoms with Crippen LogP contribution < -0.4 is 15.5 Å². The summed E-state index contributed by atoms with van der Waals surface area (Å²) in [6.45, 7) is 0. The number of hydrogen-bond donors (Lipinski definition) is 2. The number of nitrogens with one attached hydrogen (secondary N) is 2.